The number of esters is 4. The Morgan fingerprint density at radius 3 is 0.747 bits per heavy atom. The summed E-state index contributed by atoms with van der Waals surface area (Å²) in [5.41, 5.74) is 0. The van der Waals surface area contributed by atoms with Crippen LogP contribution < -0.4 is 0 Å². The number of aliphatic hydroxyl groups excluding tert-OH is 1. The molecule has 0 radical (unpaired) electrons. The van der Waals surface area contributed by atoms with E-state index in [4.69, 9.17) is 37.0 Å². The van der Waals surface area contributed by atoms with Gasteiger partial charge in [0.15, 0.2) is 12.2 Å². The van der Waals surface area contributed by atoms with Crippen LogP contribution in [0, 0.1) is 11.8 Å². The van der Waals surface area contributed by atoms with Gasteiger partial charge in [-0.1, -0.05) is 318 Å². The van der Waals surface area contributed by atoms with Crippen molar-refractivity contribution in [1.82, 2.24) is 0 Å². The van der Waals surface area contributed by atoms with Crippen molar-refractivity contribution in [2.24, 2.45) is 11.8 Å². The van der Waals surface area contributed by atoms with E-state index in [1.807, 2.05) is 0 Å². The van der Waals surface area contributed by atoms with Crippen molar-refractivity contribution < 1.29 is 80.2 Å². The molecule has 5 atom stereocenters. The third-order valence-electron chi connectivity index (χ3n) is 16.7. The molecule has 0 spiro atoms. The van der Waals surface area contributed by atoms with Gasteiger partial charge in [-0.3, -0.25) is 37.3 Å². The van der Waals surface area contributed by atoms with E-state index in [0.29, 0.717) is 31.6 Å². The number of hydrogen-bond acceptors (Lipinski definition) is 15. The monoisotopic (exact) mass is 1340 g/mol. The molecule has 0 fully saturated rings. The molecule has 0 aliphatic rings. The molecule has 0 aromatic carbocycles. The summed E-state index contributed by atoms with van der Waals surface area (Å²) < 4.78 is 68.4. The minimum absolute atomic E-state index is 0.107. The number of ether oxygens (including phenoxy) is 4. The summed E-state index contributed by atoms with van der Waals surface area (Å²) in [5, 5.41) is 10.6. The van der Waals surface area contributed by atoms with Crippen molar-refractivity contribution in [2.75, 3.05) is 39.6 Å². The Balaban J connectivity index is 5.25. The number of phosphoric acid groups is 2. The van der Waals surface area contributed by atoms with Crippen molar-refractivity contribution in [3.05, 3.63) is 0 Å². The number of hydrogen-bond donors (Lipinski definition) is 3. The van der Waals surface area contributed by atoms with Gasteiger partial charge in [0.25, 0.3) is 0 Å². The molecule has 91 heavy (non-hydrogen) atoms. The van der Waals surface area contributed by atoms with Crippen molar-refractivity contribution in [3.63, 3.8) is 0 Å². The largest absolute Gasteiger partial charge is 0.472 e. The standard InChI is InChI=1S/C72H140O17P2/c1-7-9-11-13-15-17-19-21-22-24-26-32-38-45-51-57-72(77)88-67(60-82-69(74)54-48-42-36-30-28-27-29-34-40-46-52-64(3)4)62-86-90(78,79)84-58-66(73)59-85-91(80,81)87-63-68(61-83-70(75)55-49-43-39-33-35-41-47-53-65(5)6)89-71(76)56-50-44-37-31-25-23-20-18-16-14-12-10-8-2/h64-68,73H,7-63H2,1-6H3,(H,78,79)(H,80,81)/t66-,67-,68-/m1/s1. The van der Waals surface area contributed by atoms with E-state index in [1.165, 1.54) is 180 Å². The highest BCUT2D eigenvalue weighted by Crippen LogP contribution is 2.45. The van der Waals surface area contributed by atoms with Gasteiger partial charge in [0, 0.05) is 25.7 Å². The van der Waals surface area contributed by atoms with Crippen LogP contribution in [0.5, 0.6) is 0 Å². The Morgan fingerprint density at radius 1 is 0.297 bits per heavy atom. The summed E-state index contributed by atoms with van der Waals surface area (Å²) in [6, 6.07) is 0. The molecule has 0 aliphatic heterocycles. The fraction of sp³-hybridized carbons (Fsp3) is 0.944. The highest BCUT2D eigenvalue weighted by molar-refractivity contribution is 7.47. The topological polar surface area (TPSA) is 237 Å². The minimum Gasteiger partial charge on any atom is -0.462 e. The van der Waals surface area contributed by atoms with Crippen LogP contribution in [-0.4, -0.2) is 96.7 Å². The van der Waals surface area contributed by atoms with Crippen LogP contribution in [0.2, 0.25) is 0 Å². The van der Waals surface area contributed by atoms with Crippen LogP contribution in [0.15, 0.2) is 0 Å². The second-order valence-electron chi connectivity index (χ2n) is 26.9. The summed E-state index contributed by atoms with van der Waals surface area (Å²) in [5.74, 6) is -0.656. The molecule has 0 saturated heterocycles. The van der Waals surface area contributed by atoms with Gasteiger partial charge < -0.3 is 33.8 Å². The van der Waals surface area contributed by atoms with Gasteiger partial charge in [0.1, 0.15) is 19.3 Å². The number of aliphatic hydroxyl groups is 1. The Kier molecular flexibility index (Phi) is 62.7. The predicted molar refractivity (Wildman–Crippen MR) is 368 cm³/mol. The Morgan fingerprint density at radius 2 is 0.505 bits per heavy atom. The molecule has 17 nitrogen and oxygen atoms in total. The summed E-state index contributed by atoms with van der Waals surface area (Å²) in [6.45, 7) is 9.51. The zero-order valence-electron chi connectivity index (χ0n) is 59.1. The quantitative estimate of drug-likeness (QED) is 0.0222. The zero-order valence-corrected chi connectivity index (χ0v) is 60.9. The Bertz CT molecular complexity index is 1770. The van der Waals surface area contributed by atoms with E-state index < -0.39 is 97.5 Å². The van der Waals surface area contributed by atoms with Crippen LogP contribution in [0.25, 0.3) is 0 Å². The third-order valence-corrected chi connectivity index (χ3v) is 18.6. The molecule has 0 aliphatic carbocycles. The number of carbonyl (C=O) groups excluding carboxylic acids is 4. The van der Waals surface area contributed by atoms with E-state index in [9.17, 15) is 43.2 Å². The molecule has 0 aromatic rings. The molecule has 0 aromatic heterocycles. The molecule has 0 bridgehead atoms. The Hall–Kier alpha value is -1.94. The number of rotatable bonds is 71. The van der Waals surface area contributed by atoms with Crippen LogP contribution in [0.4, 0.5) is 0 Å². The first-order valence-corrected chi connectivity index (χ1v) is 40.5. The van der Waals surface area contributed by atoms with E-state index in [2.05, 4.69) is 41.5 Å². The summed E-state index contributed by atoms with van der Waals surface area (Å²) in [6.07, 6.45) is 49.9. The lowest BCUT2D eigenvalue weighted by atomic mass is 10.0. The van der Waals surface area contributed by atoms with Crippen LogP contribution in [-0.2, 0) is 65.4 Å². The lowest BCUT2D eigenvalue weighted by Gasteiger charge is -2.21. The summed E-state index contributed by atoms with van der Waals surface area (Å²) in [7, 11) is -9.90. The molecular formula is C72H140O17P2. The van der Waals surface area contributed by atoms with Gasteiger partial charge in [0.05, 0.1) is 26.4 Å². The zero-order chi connectivity index (χ0) is 67.2. The van der Waals surface area contributed by atoms with Crippen LogP contribution in [0.3, 0.4) is 0 Å². The van der Waals surface area contributed by atoms with Gasteiger partial charge in [-0.05, 0) is 37.5 Å². The molecular weight excluding hydrogens is 1200 g/mol. The average molecular weight is 1340 g/mol. The SMILES string of the molecule is CCCCCCCCCCCCCCCCCC(=O)O[C@H](COC(=O)CCCCCCCCCCCCC(C)C)COP(=O)(O)OC[C@@H](O)COP(=O)(O)OC[C@@H](COC(=O)CCCCCCCCCC(C)C)OC(=O)CCCCCCCCCCCCCCC. The van der Waals surface area contributed by atoms with Gasteiger partial charge >= 0.3 is 39.5 Å². The second-order valence-corrected chi connectivity index (χ2v) is 29.8. The van der Waals surface area contributed by atoms with E-state index in [1.54, 1.807) is 0 Å². The lowest BCUT2D eigenvalue weighted by Crippen LogP contribution is -2.30. The maximum atomic E-state index is 13.0. The number of carbonyl (C=O) groups is 4. The smallest absolute Gasteiger partial charge is 0.462 e. The molecule has 0 saturated carbocycles. The first-order valence-electron chi connectivity index (χ1n) is 37.5. The first-order chi connectivity index (χ1) is 43.9. The fourth-order valence-electron chi connectivity index (χ4n) is 10.9. The van der Waals surface area contributed by atoms with E-state index >= 15 is 0 Å². The molecule has 0 rings (SSSR count). The number of phosphoric ester groups is 2. The predicted octanol–water partition coefficient (Wildman–Crippen LogP) is 20.8. The van der Waals surface area contributed by atoms with E-state index in [-0.39, 0.29) is 25.7 Å². The normalized spacial score (nSPS) is 14.1. The van der Waals surface area contributed by atoms with Gasteiger partial charge in [-0.25, -0.2) is 9.13 Å². The molecule has 2 unspecified atom stereocenters. The molecule has 0 heterocycles. The van der Waals surface area contributed by atoms with Gasteiger partial charge in [0.2, 0.25) is 0 Å². The summed E-state index contributed by atoms with van der Waals surface area (Å²) in [4.78, 5) is 72.6. The van der Waals surface area contributed by atoms with Crippen molar-refractivity contribution in [3.8, 4) is 0 Å². The van der Waals surface area contributed by atoms with Crippen LogP contribution >= 0.6 is 15.6 Å². The highest BCUT2D eigenvalue weighted by Gasteiger charge is 2.30. The highest BCUT2D eigenvalue weighted by atomic mass is 31.2. The number of unbranched alkanes of at least 4 members (excludes halogenated alkanes) is 41. The average Bonchev–Trinajstić information content (AvgIpc) is 3.72. The summed E-state index contributed by atoms with van der Waals surface area (Å²) >= 11 is 0. The lowest BCUT2D eigenvalue weighted by molar-refractivity contribution is -0.161. The van der Waals surface area contributed by atoms with Gasteiger partial charge in [-0.15, -0.1) is 0 Å². The molecule has 3 N–H and O–H groups in total. The maximum absolute atomic E-state index is 13.0. The maximum Gasteiger partial charge on any atom is 0.472 e. The Labute approximate surface area is 556 Å². The first kappa shape index (κ1) is 89.1. The van der Waals surface area contributed by atoms with Crippen molar-refractivity contribution in [2.45, 2.75) is 387 Å². The fourth-order valence-corrected chi connectivity index (χ4v) is 12.5. The van der Waals surface area contributed by atoms with E-state index in [0.717, 1.165) is 102 Å². The van der Waals surface area contributed by atoms with Crippen molar-refractivity contribution in [1.29, 1.82) is 0 Å². The molecule has 540 valence electrons. The van der Waals surface area contributed by atoms with Crippen molar-refractivity contribution >= 4 is 39.5 Å². The van der Waals surface area contributed by atoms with Gasteiger partial charge in [-0.2, -0.15) is 0 Å². The second kappa shape index (κ2) is 64.1. The molecule has 19 heteroatoms. The minimum atomic E-state index is -4.95. The molecule has 0 amide bonds. The van der Waals surface area contributed by atoms with Crippen LogP contribution in [0.1, 0.15) is 369 Å². The third kappa shape index (κ3) is 66.5.